The fourth-order valence-corrected chi connectivity index (χ4v) is 4.96. The van der Waals surface area contributed by atoms with E-state index in [2.05, 4.69) is 15.5 Å². The molecule has 0 saturated carbocycles. The minimum Gasteiger partial charge on any atom is -0.483 e. The van der Waals surface area contributed by atoms with Gasteiger partial charge in [-0.05, 0) is 57.5 Å². The van der Waals surface area contributed by atoms with Gasteiger partial charge < -0.3 is 19.4 Å². The molecule has 0 bridgehead atoms. The number of amides is 1. The Kier molecular flexibility index (Phi) is 8.39. The Hall–Kier alpha value is -2.56. The maximum absolute atomic E-state index is 12.5. The van der Waals surface area contributed by atoms with Crippen molar-refractivity contribution >= 4 is 51.6 Å². The summed E-state index contributed by atoms with van der Waals surface area (Å²) < 4.78 is 12.7. The Labute approximate surface area is 205 Å². The smallest absolute Gasteiger partial charge is 0.340 e. The Morgan fingerprint density at radius 1 is 1.27 bits per heavy atom. The number of hydrogen-bond acceptors (Lipinski definition) is 8. The first-order valence-electron chi connectivity index (χ1n) is 10.2. The quantitative estimate of drug-likeness (QED) is 0.310. The fourth-order valence-electron chi connectivity index (χ4n) is 3.11. The number of halogens is 1. The Bertz CT molecular complexity index is 1160. The third-order valence-corrected chi connectivity index (χ3v) is 7.07. The Balaban J connectivity index is 1.66. The third-order valence-electron chi connectivity index (χ3n) is 4.71. The molecule has 3 aromatic rings. The van der Waals surface area contributed by atoms with Crippen LogP contribution in [0.25, 0.3) is 0 Å². The average molecular weight is 509 g/mol. The topological polar surface area (TPSA) is 95.3 Å². The predicted molar refractivity (Wildman–Crippen MR) is 131 cm³/mol. The molecule has 0 fully saturated rings. The number of anilines is 1. The highest BCUT2D eigenvalue weighted by molar-refractivity contribution is 7.99. The van der Waals surface area contributed by atoms with Gasteiger partial charge in [-0.15, -0.1) is 21.5 Å². The molecular weight excluding hydrogens is 484 g/mol. The molecule has 0 spiro atoms. The summed E-state index contributed by atoms with van der Waals surface area (Å²) in [6.45, 7) is 8.28. The summed E-state index contributed by atoms with van der Waals surface area (Å²) in [6.07, 6.45) is -0.349. The van der Waals surface area contributed by atoms with Crippen LogP contribution in [0, 0.1) is 13.8 Å². The van der Waals surface area contributed by atoms with E-state index in [1.807, 2.05) is 44.4 Å². The minimum atomic E-state index is -0.484. The zero-order valence-electron chi connectivity index (χ0n) is 19.0. The third kappa shape index (κ3) is 6.07. The zero-order chi connectivity index (χ0) is 24.1. The molecule has 3 rings (SSSR count). The van der Waals surface area contributed by atoms with Crippen LogP contribution in [0.4, 0.5) is 5.00 Å². The lowest BCUT2D eigenvalue weighted by Crippen LogP contribution is -2.16. The van der Waals surface area contributed by atoms with Crippen LogP contribution < -0.4 is 10.1 Å². The first-order valence-corrected chi connectivity index (χ1v) is 12.4. The second kappa shape index (κ2) is 11.0. The summed E-state index contributed by atoms with van der Waals surface area (Å²) in [5.41, 5.74) is 1.28. The lowest BCUT2D eigenvalue weighted by molar-refractivity contribution is -0.113. The Morgan fingerprint density at radius 3 is 2.70 bits per heavy atom. The second-order valence-electron chi connectivity index (χ2n) is 7.18. The number of methoxy groups -OCH3 is 1. The molecule has 1 unspecified atom stereocenters. The maximum Gasteiger partial charge on any atom is 0.340 e. The molecule has 0 aliphatic heterocycles. The summed E-state index contributed by atoms with van der Waals surface area (Å²) in [4.78, 5) is 25.3. The lowest BCUT2D eigenvalue weighted by atomic mass is 10.2. The highest BCUT2D eigenvalue weighted by Gasteiger charge is 2.21. The van der Waals surface area contributed by atoms with Gasteiger partial charge in [0.15, 0.2) is 17.1 Å². The molecule has 2 heterocycles. The highest BCUT2D eigenvalue weighted by Crippen LogP contribution is 2.30. The van der Waals surface area contributed by atoms with Crippen LogP contribution in [0.5, 0.6) is 5.75 Å². The molecule has 0 aliphatic carbocycles. The van der Waals surface area contributed by atoms with Crippen molar-refractivity contribution in [1.29, 1.82) is 0 Å². The van der Waals surface area contributed by atoms with Gasteiger partial charge in [0.1, 0.15) is 10.8 Å². The summed E-state index contributed by atoms with van der Waals surface area (Å²) in [5.74, 6) is 0.732. The molecule has 8 nitrogen and oxygen atoms in total. The van der Waals surface area contributed by atoms with E-state index in [9.17, 15) is 9.59 Å². The molecule has 0 saturated heterocycles. The van der Waals surface area contributed by atoms with Gasteiger partial charge in [0.2, 0.25) is 5.91 Å². The van der Waals surface area contributed by atoms with Crippen LogP contribution >= 0.6 is 34.7 Å². The van der Waals surface area contributed by atoms with Crippen molar-refractivity contribution in [2.24, 2.45) is 0 Å². The largest absolute Gasteiger partial charge is 0.483 e. The normalized spacial score (nSPS) is 11.8. The number of esters is 1. The number of thioether (sulfide) groups is 1. The van der Waals surface area contributed by atoms with Crippen molar-refractivity contribution in [2.75, 3.05) is 18.2 Å². The van der Waals surface area contributed by atoms with E-state index in [1.165, 1.54) is 30.2 Å². The number of ether oxygens (including phenoxy) is 2. The van der Waals surface area contributed by atoms with Crippen molar-refractivity contribution in [3.05, 3.63) is 51.1 Å². The van der Waals surface area contributed by atoms with Crippen molar-refractivity contribution in [1.82, 2.24) is 14.8 Å². The lowest BCUT2D eigenvalue weighted by Gasteiger charge is -2.16. The van der Waals surface area contributed by atoms with Crippen LogP contribution in [0.2, 0.25) is 5.02 Å². The van der Waals surface area contributed by atoms with Crippen LogP contribution in [0.3, 0.4) is 0 Å². The van der Waals surface area contributed by atoms with Gasteiger partial charge in [0, 0.05) is 16.4 Å². The number of rotatable bonds is 9. The maximum atomic E-state index is 12.5. The van der Waals surface area contributed by atoms with Gasteiger partial charge in [-0.2, -0.15) is 0 Å². The molecular formula is C22H25ClN4O4S2. The number of nitrogens with one attached hydrogen (secondary N) is 1. The molecule has 0 aliphatic rings. The van der Waals surface area contributed by atoms with Gasteiger partial charge in [-0.3, -0.25) is 4.79 Å². The summed E-state index contributed by atoms with van der Waals surface area (Å²) in [7, 11) is 1.31. The van der Waals surface area contributed by atoms with Gasteiger partial charge in [-0.25, -0.2) is 4.79 Å². The van der Waals surface area contributed by atoms with Crippen LogP contribution in [0.15, 0.2) is 29.4 Å². The van der Waals surface area contributed by atoms with E-state index in [0.717, 1.165) is 10.4 Å². The number of aromatic nitrogens is 3. The second-order valence-corrected chi connectivity index (χ2v) is 9.79. The molecule has 1 amide bonds. The number of carbonyl (C=O) groups is 2. The van der Waals surface area contributed by atoms with E-state index < -0.39 is 5.97 Å². The number of hydrogen-bond donors (Lipinski definition) is 1. The van der Waals surface area contributed by atoms with E-state index in [-0.39, 0.29) is 17.8 Å². The predicted octanol–water partition coefficient (Wildman–Crippen LogP) is 5.29. The molecule has 1 atom stereocenters. The molecule has 1 aromatic carbocycles. The summed E-state index contributed by atoms with van der Waals surface area (Å²) in [5, 5.41) is 13.1. The van der Waals surface area contributed by atoms with Gasteiger partial charge in [0.25, 0.3) is 0 Å². The van der Waals surface area contributed by atoms with Crippen LogP contribution in [-0.4, -0.2) is 39.5 Å². The zero-order valence-corrected chi connectivity index (χ0v) is 21.4. The van der Waals surface area contributed by atoms with E-state index in [0.29, 0.717) is 38.9 Å². The van der Waals surface area contributed by atoms with E-state index in [4.69, 9.17) is 21.1 Å². The number of thiophene rings is 1. The van der Waals surface area contributed by atoms with E-state index in [1.54, 1.807) is 12.1 Å². The average Bonchev–Trinajstić information content (AvgIpc) is 3.36. The summed E-state index contributed by atoms with van der Waals surface area (Å²) >= 11 is 8.68. The van der Waals surface area contributed by atoms with Gasteiger partial charge in [0.05, 0.1) is 18.4 Å². The van der Waals surface area contributed by atoms with Gasteiger partial charge in [-0.1, -0.05) is 23.4 Å². The SMILES string of the molecule is CCn1c(SCC(=O)Nc2sc(C)cc2C(=O)OC)nnc1C(C)Oc1ccc(Cl)c(C)c1. The van der Waals surface area contributed by atoms with Crippen molar-refractivity contribution in [3.63, 3.8) is 0 Å². The first kappa shape index (κ1) is 25.1. The van der Waals surface area contributed by atoms with Crippen LogP contribution in [0.1, 0.15) is 46.6 Å². The standard InChI is InChI=1S/C22H25ClN4O4S2/c1-6-27-19(14(4)31-15-7-8-17(23)12(2)9-15)25-26-22(27)32-11-18(28)24-20-16(21(29)30-5)10-13(3)33-20/h7-10,14H,6,11H2,1-5H3,(H,24,28). The number of benzene rings is 1. The summed E-state index contributed by atoms with van der Waals surface area (Å²) in [6, 6.07) is 7.18. The number of carbonyl (C=O) groups excluding carboxylic acids is 2. The Morgan fingerprint density at radius 2 is 2.03 bits per heavy atom. The molecule has 176 valence electrons. The molecule has 11 heteroatoms. The molecule has 1 N–H and O–H groups in total. The minimum absolute atomic E-state index is 0.112. The highest BCUT2D eigenvalue weighted by atomic mass is 35.5. The van der Waals surface area contributed by atoms with Crippen molar-refractivity contribution < 1.29 is 19.1 Å². The van der Waals surface area contributed by atoms with Crippen LogP contribution in [-0.2, 0) is 16.1 Å². The van der Waals surface area contributed by atoms with Gasteiger partial charge >= 0.3 is 5.97 Å². The van der Waals surface area contributed by atoms with E-state index >= 15 is 0 Å². The van der Waals surface area contributed by atoms with Crippen molar-refractivity contribution in [2.45, 2.75) is 45.5 Å². The first-order chi connectivity index (χ1) is 15.7. The number of aryl methyl sites for hydroxylation is 2. The van der Waals surface area contributed by atoms with Crippen molar-refractivity contribution in [3.8, 4) is 5.75 Å². The monoisotopic (exact) mass is 508 g/mol. The number of nitrogens with zero attached hydrogens (tertiary/aromatic N) is 3. The molecule has 0 radical (unpaired) electrons. The molecule has 2 aromatic heterocycles. The fraction of sp³-hybridized carbons (Fsp3) is 0.364. The molecule has 33 heavy (non-hydrogen) atoms.